The van der Waals surface area contributed by atoms with E-state index in [4.69, 9.17) is 0 Å². The van der Waals surface area contributed by atoms with E-state index in [0.717, 1.165) is 0 Å². The summed E-state index contributed by atoms with van der Waals surface area (Å²) in [7, 11) is 0. The molecule has 3 aromatic carbocycles. The maximum atomic E-state index is 2.45. The summed E-state index contributed by atoms with van der Waals surface area (Å²) in [4.78, 5) is 0. The lowest BCUT2D eigenvalue weighted by Crippen LogP contribution is -1.89. The molecule has 0 aliphatic heterocycles. The second-order valence-electron chi connectivity index (χ2n) is 6.28. The van der Waals surface area contributed by atoms with Crippen molar-refractivity contribution in [3.63, 3.8) is 0 Å². The first kappa shape index (κ1) is 13.6. The van der Waals surface area contributed by atoms with Gasteiger partial charge < -0.3 is 0 Å². The molecule has 0 atom stereocenters. The fourth-order valence-electron chi connectivity index (χ4n) is 3.78. The van der Waals surface area contributed by atoms with Gasteiger partial charge in [0.2, 0.25) is 0 Å². The predicted octanol–water partition coefficient (Wildman–Crippen LogP) is 7.21. The van der Waals surface area contributed by atoms with E-state index in [0.29, 0.717) is 0 Å². The third-order valence-corrected chi connectivity index (χ3v) is 6.93. The van der Waals surface area contributed by atoms with E-state index in [1.165, 1.54) is 47.0 Å². The molecule has 3 aromatic heterocycles. The van der Waals surface area contributed by atoms with Crippen LogP contribution in [0.1, 0.15) is 0 Å². The van der Waals surface area contributed by atoms with Crippen LogP contribution in [-0.2, 0) is 0 Å². The lowest BCUT2D eigenvalue weighted by Gasteiger charge is -2.05. The fraction of sp³-hybridized carbons (Fsp3) is 0. The van der Waals surface area contributed by atoms with Crippen molar-refractivity contribution in [1.29, 1.82) is 0 Å². The zero-order valence-corrected chi connectivity index (χ0v) is 14.9. The zero-order chi connectivity index (χ0) is 16.4. The van der Waals surface area contributed by atoms with E-state index in [9.17, 15) is 0 Å². The highest BCUT2D eigenvalue weighted by Gasteiger charge is 2.16. The van der Waals surface area contributed by atoms with Gasteiger partial charge in [0.05, 0.1) is 15.7 Å². The van der Waals surface area contributed by atoms with Crippen LogP contribution < -0.4 is 0 Å². The number of nitrogens with zero attached hydrogens (tertiary/aromatic N) is 1. The number of hydrogen-bond acceptors (Lipinski definition) is 2. The molecule has 3 heteroatoms. The Morgan fingerprint density at radius 1 is 0.720 bits per heavy atom. The minimum Gasteiger partial charge on any atom is -0.299 e. The van der Waals surface area contributed by atoms with Crippen LogP contribution in [0.4, 0.5) is 0 Å². The lowest BCUT2D eigenvalue weighted by atomic mass is 10.1. The van der Waals surface area contributed by atoms with Gasteiger partial charge >= 0.3 is 0 Å². The van der Waals surface area contributed by atoms with Crippen molar-refractivity contribution in [2.45, 2.75) is 0 Å². The number of hydrogen-bond donors (Lipinski definition) is 0. The summed E-state index contributed by atoms with van der Waals surface area (Å²) in [6, 6.07) is 26.4. The van der Waals surface area contributed by atoms with Gasteiger partial charge in [0.15, 0.2) is 0 Å². The maximum Gasteiger partial charge on any atom is 0.101 e. The topological polar surface area (TPSA) is 4.93 Å². The van der Waals surface area contributed by atoms with Crippen molar-refractivity contribution in [2.24, 2.45) is 0 Å². The third kappa shape index (κ3) is 1.82. The molecule has 0 radical (unpaired) electrons. The summed E-state index contributed by atoms with van der Waals surface area (Å²) in [6.07, 6.45) is 0. The molecular formula is C22H13NS2. The second-order valence-corrected chi connectivity index (χ2v) is 8.25. The Hall–Kier alpha value is -2.62. The summed E-state index contributed by atoms with van der Waals surface area (Å²) in [6.45, 7) is 0. The van der Waals surface area contributed by atoms with Crippen LogP contribution in [0.3, 0.4) is 0 Å². The molecule has 6 rings (SSSR count). The zero-order valence-electron chi connectivity index (χ0n) is 13.3. The van der Waals surface area contributed by atoms with Gasteiger partial charge in [-0.05, 0) is 40.4 Å². The van der Waals surface area contributed by atoms with E-state index in [-0.39, 0.29) is 0 Å². The van der Waals surface area contributed by atoms with Gasteiger partial charge in [0, 0.05) is 15.5 Å². The van der Waals surface area contributed by atoms with Crippen molar-refractivity contribution in [3.05, 3.63) is 78.2 Å². The van der Waals surface area contributed by atoms with Crippen LogP contribution in [0.25, 0.3) is 47.0 Å². The van der Waals surface area contributed by atoms with Crippen LogP contribution in [0.5, 0.6) is 0 Å². The lowest BCUT2D eigenvalue weighted by molar-refractivity contribution is 1.23. The minimum absolute atomic E-state index is 1.28. The summed E-state index contributed by atoms with van der Waals surface area (Å²) >= 11 is 3.69. The molecule has 0 aliphatic carbocycles. The van der Waals surface area contributed by atoms with Crippen LogP contribution in [0.2, 0.25) is 0 Å². The molecule has 0 saturated carbocycles. The highest BCUT2D eigenvalue weighted by atomic mass is 32.1. The summed E-state index contributed by atoms with van der Waals surface area (Å²) < 4.78 is 5.15. The first-order valence-corrected chi connectivity index (χ1v) is 9.98. The van der Waals surface area contributed by atoms with Gasteiger partial charge in [-0.1, -0.05) is 48.5 Å². The molecule has 25 heavy (non-hydrogen) atoms. The van der Waals surface area contributed by atoms with Gasteiger partial charge in [-0.2, -0.15) is 0 Å². The number of para-hydroxylation sites is 1. The molecule has 0 N–H and O–H groups in total. The number of thiophene rings is 2. The van der Waals surface area contributed by atoms with E-state index in [1.54, 1.807) is 0 Å². The SMILES string of the molecule is c1ccc2sc(-n3c4ccccc4c4ccc5ccsc5c43)cc2c1. The van der Waals surface area contributed by atoms with Gasteiger partial charge in [-0.15, -0.1) is 22.7 Å². The average Bonchev–Trinajstić information content (AvgIpc) is 3.35. The molecule has 6 aromatic rings. The quantitative estimate of drug-likeness (QED) is 0.293. The minimum atomic E-state index is 1.28. The van der Waals surface area contributed by atoms with Gasteiger partial charge in [0.25, 0.3) is 0 Å². The standard InChI is InChI=1S/C22H13NS2/c1-4-8-19-15(5-1)13-20(25-19)23-18-7-3-2-6-16(18)17-10-9-14-11-12-24-22(14)21(17)23/h1-13H. The van der Waals surface area contributed by atoms with E-state index in [2.05, 4.69) is 82.7 Å². The third-order valence-electron chi connectivity index (χ3n) is 4.89. The average molecular weight is 355 g/mol. The molecule has 0 spiro atoms. The van der Waals surface area contributed by atoms with Crippen LogP contribution in [0.15, 0.2) is 78.2 Å². The molecule has 0 amide bonds. The van der Waals surface area contributed by atoms with Crippen LogP contribution in [0, 0.1) is 0 Å². The Kier molecular flexibility index (Phi) is 2.70. The van der Waals surface area contributed by atoms with Crippen LogP contribution in [-0.4, -0.2) is 4.57 Å². The molecule has 118 valence electrons. The van der Waals surface area contributed by atoms with E-state index >= 15 is 0 Å². The Balaban J connectivity index is 1.87. The van der Waals surface area contributed by atoms with Crippen molar-refractivity contribution in [2.75, 3.05) is 0 Å². The summed E-state index contributed by atoms with van der Waals surface area (Å²) in [5, 5.41) is 8.77. The number of aromatic nitrogens is 1. The second kappa shape index (κ2) is 4.94. The normalized spacial score (nSPS) is 12.0. The Labute approximate surface area is 152 Å². The first-order valence-electron chi connectivity index (χ1n) is 8.28. The van der Waals surface area contributed by atoms with E-state index < -0.39 is 0 Å². The molecule has 3 heterocycles. The van der Waals surface area contributed by atoms with Gasteiger partial charge in [0.1, 0.15) is 5.00 Å². The molecule has 0 unspecified atom stereocenters. The monoisotopic (exact) mass is 355 g/mol. The highest BCUT2D eigenvalue weighted by Crippen LogP contribution is 2.40. The Bertz CT molecular complexity index is 1360. The first-order chi connectivity index (χ1) is 12.4. The number of rotatable bonds is 1. The smallest absolute Gasteiger partial charge is 0.101 e. The molecular weight excluding hydrogens is 342 g/mol. The van der Waals surface area contributed by atoms with Crippen molar-refractivity contribution >= 4 is 64.7 Å². The van der Waals surface area contributed by atoms with Crippen molar-refractivity contribution in [1.82, 2.24) is 4.57 Å². The maximum absolute atomic E-state index is 2.45. The Morgan fingerprint density at radius 3 is 2.56 bits per heavy atom. The van der Waals surface area contributed by atoms with Crippen molar-refractivity contribution < 1.29 is 0 Å². The number of fused-ring (bicyclic) bond motifs is 6. The van der Waals surface area contributed by atoms with Gasteiger partial charge in [-0.25, -0.2) is 0 Å². The number of benzene rings is 3. The van der Waals surface area contributed by atoms with Crippen LogP contribution >= 0.6 is 22.7 Å². The molecule has 0 saturated heterocycles. The fourth-order valence-corrected chi connectivity index (χ4v) is 5.80. The molecule has 1 nitrogen and oxygen atoms in total. The Morgan fingerprint density at radius 2 is 1.60 bits per heavy atom. The summed E-state index contributed by atoms with van der Waals surface area (Å²) in [5.41, 5.74) is 2.62. The van der Waals surface area contributed by atoms with E-state index in [1.807, 2.05) is 22.7 Å². The van der Waals surface area contributed by atoms with Crippen molar-refractivity contribution in [3.8, 4) is 5.00 Å². The highest BCUT2D eigenvalue weighted by molar-refractivity contribution is 7.21. The summed E-state index contributed by atoms with van der Waals surface area (Å²) in [5.74, 6) is 0. The molecule has 0 fully saturated rings. The van der Waals surface area contributed by atoms with Gasteiger partial charge in [-0.3, -0.25) is 4.57 Å². The largest absolute Gasteiger partial charge is 0.299 e. The molecule has 0 aliphatic rings. The predicted molar refractivity (Wildman–Crippen MR) is 112 cm³/mol. The molecule has 0 bridgehead atoms.